The standard InChI is InChI=1S/2C5H7O2.O.Ti/c2*1-4(6)3-5(2)7;;/h2*1,3H2,2H3;;. The molecule has 0 saturated carbocycles. The number of rotatable bonds is 8. The van der Waals surface area contributed by atoms with Crippen LogP contribution >= 0.6 is 0 Å². The van der Waals surface area contributed by atoms with Gasteiger partial charge in [0.25, 0.3) is 0 Å². The molecule has 0 aromatic heterocycles. The van der Waals surface area contributed by atoms with Crippen molar-refractivity contribution in [3.63, 3.8) is 0 Å². The second-order valence-corrected chi connectivity index (χ2v) is 6.51. The summed E-state index contributed by atoms with van der Waals surface area (Å²) < 4.78 is 11.1. The predicted octanol–water partition coefficient (Wildman–Crippen LogP) is 0.883. The molecule has 0 aromatic rings. The molecule has 0 rings (SSSR count). The minimum absolute atomic E-state index is 0.163. The van der Waals surface area contributed by atoms with Crippen LogP contribution in [0.3, 0.4) is 0 Å². The molecule has 5 nitrogen and oxygen atoms in total. The van der Waals surface area contributed by atoms with Gasteiger partial charge in [-0.2, -0.15) is 0 Å². The molecule has 0 radical (unpaired) electrons. The Morgan fingerprint density at radius 3 is 1.38 bits per heavy atom. The van der Waals surface area contributed by atoms with E-state index in [0.717, 1.165) is 0 Å². The van der Waals surface area contributed by atoms with Crippen LogP contribution < -0.4 is 0 Å². The monoisotopic (exact) mass is 262 g/mol. The van der Waals surface area contributed by atoms with Crippen molar-refractivity contribution in [2.24, 2.45) is 0 Å². The third kappa shape index (κ3) is 8.50. The molecule has 6 heteroatoms. The van der Waals surface area contributed by atoms with Gasteiger partial charge in [0.2, 0.25) is 0 Å². The zero-order chi connectivity index (χ0) is 12.7. The normalized spacial score (nSPS) is 9.62. The maximum atomic E-state index is 11.4. The first-order valence-corrected chi connectivity index (χ1v) is 7.69. The Morgan fingerprint density at radius 1 is 0.812 bits per heavy atom. The molecular formula is C10H14O5Ti. The summed E-state index contributed by atoms with van der Waals surface area (Å²) in [5.74, 6) is -1.31. The quantitative estimate of drug-likeness (QED) is 0.478. The molecule has 0 heterocycles. The van der Waals surface area contributed by atoms with Gasteiger partial charge in [-0.3, -0.25) is 0 Å². The summed E-state index contributed by atoms with van der Waals surface area (Å²) in [6.45, 7) is 2.56. The van der Waals surface area contributed by atoms with Gasteiger partial charge in [-0.25, -0.2) is 0 Å². The Morgan fingerprint density at radius 2 is 1.12 bits per heavy atom. The molecule has 0 aliphatic carbocycles. The molecule has 0 amide bonds. The van der Waals surface area contributed by atoms with Crippen LogP contribution in [-0.4, -0.2) is 23.1 Å². The molecule has 0 fully saturated rings. The van der Waals surface area contributed by atoms with Crippen molar-refractivity contribution in [3.05, 3.63) is 0 Å². The van der Waals surface area contributed by atoms with Crippen molar-refractivity contribution >= 4 is 23.1 Å². The number of hydrogen-bond acceptors (Lipinski definition) is 5. The van der Waals surface area contributed by atoms with Crippen molar-refractivity contribution in [2.75, 3.05) is 0 Å². The van der Waals surface area contributed by atoms with Crippen molar-refractivity contribution in [1.29, 1.82) is 0 Å². The van der Waals surface area contributed by atoms with Crippen molar-refractivity contribution in [2.45, 2.75) is 36.1 Å². The summed E-state index contributed by atoms with van der Waals surface area (Å²) in [5.41, 5.74) is 0. The Kier molecular flexibility index (Phi) is 7.09. The van der Waals surface area contributed by atoms with Gasteiger partial charge in [0.1, 0.15) is 0 Å². The third-order valence-electron chi connectivity index (χ3n) is 1.68. The molecule has 0 N–H and O–H groups in total. The second-order valence-electron chi connectivity index (χ2n) is 3.73. The molecule has 0 unspecified atom stereocenters. The maximum absolute atomic E-state index is 11.4. The van der Waals surface area contributed by atoms with E-state index >= 15 is 0 Å². The second kappa shape index (κ2) is 7.46. The number of ketones is 4. The minimum atomic E-state index is -2.96. The average Bonchev–Trinajstić information content (AvgIpc) is 1.97. The molecule has 0 saturated heterocycles. The van der Waals surface area contributed by atoms with Gasteiger partial charge in [-0.05, 0) is 0 Å². The summed E-state index contributed by atoms with van der Waals surface area (Å²) in [7, 11) is 0. The molecular weight excluding hydrogens is 248 g/mol. The first-order valence-electron chi connectivity index (χ1n) is 4.85. The SMILES string of the molecule is CC(=O)CC(=O)[CH2][Ti](=[O])[CH2]C(=O)CC(C)=O. The Balaban J connectivity index is 3.99. The zero-order valence-corrected chi connectivity index (χ0v) is 10.9. The molecule has 16 heavy (non-hydrogen) atoms. The van der Waals surface area contributed by atoms with Gasteiger partial charge in [-0.15, -0.1) is 0 Å². The molecule has 0 atom stereocenters. The Labute approximate surface area is 99.7 Å². The summed E-state index contributed by atoms with van der Waals surface area (Å²) in [6.07, 6.45) is -0.445. The topological polar surface area (TPSA) is 85.3 Å². The third-order valence-corrected chi connectivity index (χ3v) is 4.14. The van der Waals surface area contributed by atoms with Crippen LogP contribution in [0.2, 0.25) is 9.45 Å². The number of carbonyl (C=O) groups excluding carboxylic acids is 4. The van der Waals surface area contributed by atoms with E-state index in [1.807, 2.05) is 0 Å². The van der Waals surface area contributed by atoms with E-state index in [-0.39, 0.29) is 45.4 Å². The van der Waals surface area contributed by atoms with E-state index < -0.39 is 17.8 Å². The summed E-state index contributed by atoms with van der Waals surface area (Å²) >= 11 is -2.96. The van der Waals surface area contributed by atoms with E-state index in [4.69, 9.17) is 0 Å². The number of carbonyl (C=O) groups is 4. The van der Waals surface area contributed by atoms with Crippen LogP contribution in [0.4, 0.5) is 0 Å². The molecule has 0 bridgehead atoms. The summed E-state index contributed by atoms with van der Waals surface area (Å²) in [4.78, 5) is 43.4. The van der Waals surface area contributed by atoms with E-state index in [1.54, 1.807) is 0 Å². The van der Waals surface area contributed by atoms with E-state index in [9.17, 15) is 22.5 Å². The summed E-state index contributed by atoms with van der Waals surface area (Å²) in [5, 5.41) is 0. The van der Waals surface area contributed by atoms with Crippen LogP contribution in [0.15, 0.2) is 0 Å². The fourth-order valence-corrected chi connectivity index (χ4v) is 3.14. The van der Waals surface area contributed by atoms with Gasteiger partial charge in [0, 0.05) is 0 Å². The van der Waals surface area contributed by atoms with Gasteiger partial charge >= 0.3 is 99.6 Å². The average molecular weight is 262 g/mol. The van der Waals surface area contributed by atoms with Crippen LogP contribution in [0.25, 0.3) is 0 Å². The fourth-order valence-electron chi connectivity index (χ4n) is 1.18. The Hall–Kier alpha value is -0.806. The fraction of sp³-hybridized carbons (Fsp3) is 0.600. The van der Waals surface area contributed by atoms with E-state index in [0.29, 0.717) is 0 Å². The van der Waals surface area contributed by atoms with Gasteiger partial charge in [-0.1, -0.05) is 0 Å². The number of Topliss-reactive ketones (excluding diaryl/α,β-unsaturated/α-hetero) is 4. The van der Waals surface area contributed by atoms with Gasteiger partial charge in [0.15, 0.2) is 0 Å². The predicted molar refractivity (Wildman–Crippen MR) is 50.9 cm³/mol. The molecule has 0 aromatic carbocycles. The van der Waals surface area contributed by atoms with Crippen LogP contribution in [0.1, 0.15) is 26.7 Å². The zero-order valence-electron chi connectivity index (χ0n) is 9.37. The van der Waals surface area contributed by atoms with Crippen LogP contribution in [-0.2, 0) is 40.3 Å². The summed E-state index contributed by atoms with van der Waals surface area (Å²) in [6, 6.07) is 0. The first-order chi connectivity index (χ1) is 7.31. The van der Waals surface area contributed by atoms with Crippen LogP contribution in [0, 0.1) is 0 Å². The van der Waals surface area contributed by atoms with Crippen molar-refractivity contribution in [1.82, 2.24) is 0 Å². The molecule has 0 aliphatic rings. The van der Waals surface area contributed by atoms with Crippen LogP contribution in [0.5, 0.6) is 0 Å². The van der Waals surface area contributed by atoms with Gasteiger partial charge < -0.3 is 0 Å². The van der Waals surface area contributed by atoms with E-state index in [2.05, 4.69) is 0 Å². The van der Waals surface area contributed by atoms with Gasteiger partial charge in [0.05, 0.1) is 0 Å². The first kappa shape index (κ1) is 15.2. The number of hydrogen-bond donors (Lipinski definition) is 0. The molecule has 0 spiro atoms. The van der Waals surface area contributed by atoms with Crippen molar-refractivity contribution < 1.29 is 40.3 Å². The Bertz CT molecular complexity index is 313. The van der Waals surface area contributed by atoms with E-state index in [1.165, 1.54) is 13.8 Å². The molecule has 88 valence electrons. The van der Waals surface area contributed by atoms with Crippen molar-refractivity contribution in [3.8, 4) is 0 Å². The molecule has 0 aliphatic heterocycles.